The number of aliphatic hydroxyl groups is 1. The van der Waals surface area contributed by atoms with Gasteiger partial charge in [0.25, 0.3) is 0 Å². The summed E-state index contributed by atoms with van der Waals surface area (Å²) in [7, 11) is -9.92. The molecule has 588 valence electrons. The number of ether oxygens (including phenoxy) is 4. The largest absolute Gasteiger partial charge is 0.472 e. The van der Waals surface area contributed by atoms with Crippen LogP contribution in [0.1, 0.15) is 409 Å². The van der Waals surface area contributed by atoms with E-state index in [-0.39, 0.29) is 25.7 Å². The third-order valence-corrected chi connectivity index (χ3v) is 20.8. The summed E-state index contributed by atoms with van der Waals surface area (Å²) in [6.45, 7) is 14.2. The van der Waals surface area contributed by atoms with E-state index in [2.05, 4.69) is 55.4 Å². The molecule has 17 nitrogen and oxygen atoms in total. The molecule has 3 N–H and O–H groups in total. The van der Waals surface area contributed by atoms with Gasteiger partial charge in [-0.2, -0.15) is 0 Å². The lowest BCUT2D eigenvalue weighted by Crippen LogP contribution is -2.30. The van der Waals surface area contributed by atoms with E-state index >= 15 is 0 Å². The van der Waals surface area contributed by atoms with Crippen LogP contribution in [0.3, 0.4) is 0 Å². The van der Waals surface area contributed by atoms with E-state index in [4.69, 9.17) is 37.0 Å². The standard InChI is InChI=1S/C80H156O17P2/c1-9-73(8)59-51-43-34-28-22-16-13-14-17-23-29-35-44-52-60-77(82)90-66-75(96-79(84)62-54-46-36-30-24-18-12-10-11-15-20-26-32-40-48-56-70(2)3)68-94-98(86,87)92-64-74(81)65-93-99(88,89)95-69-76(67-91-78(83)61-53-45-39-38-42-50-58-72(6)7)97-80(85)63-55-47-37-31-25-19-21-27-33-41-49-57-71(4)5/h70-76,81H,9-69H2,1-8H3,(H,86,87)(H,88,89)/t73?,74-,75-,76-/m1/s1. The quantitative estimate of drug-likeness (QED) is 0.0222. The molecule has 99 heavy (non-hydrogen) atoms. The molecule has 19 heteroatoms. The maximum atomic E-state index is 13.1. The maximum Gasteiger partial charge on any atom is 0.472 e. The number of esters is 4. The van der Waals surface area contributed by atoms with Gasteiger partial charge < -0.3 is 33.8 Å². The van der Waals surface area contributed by atoms with Crippen molar-refractivity contribution in [3.63, 3.8) is 0 Å². The molecule has 0 radical (unpaired) electrons. The van der Waals surface area contributed by atoms with Crippen LogP contribution >= 0.6 is 15.6 Å². The molecule has 0 heterocycles. The first-order chi connectivity index (χ1) is 47.6. The fraction of sp³-hybridized carbons (Fsp3) is 0.950. The van der Waals surface area contributed by atoms with Crippen molar-refractivity contribution < 1.29 is 80.2 Å². The van der Waals surface area contributed by atoms with Crippen LogP contribution in [0.15, 0.2) is 0 Å². The van der Waals surface area contributed by atoms with Gasteiger partial charge >= 0.3 is 39.5 Å². The lowest BCUT2D eigenvalue weighted by atomic mass is 9.99. The molecule has 0 spiro atoms. The highest BCUT2D eigenvalue weighted by Gasteiger charge is 2.30. The van der Waals surface area contributed by atoms with Crippen molar-refractivity contribution in [2.75, 3.05) is 39.6 Å². The minimum Gasteiger partial charge on any atom is -0.462 e. The molecule has 0 rings (SSSR count). The van der Waals surface area contributed by atoms with Crippen molar-refractivity contribution in [2.45, 2.75) is 427 Å². The number of carbonyl (C=O) groups is 4. The highest BCUT2D eigenvalue weighted by atomic mass is 31.2. The zero-order chi connectivity index (χ0) is 73.1. The average molecular weight is 1450 g/mol. The second-order valence-corrected chi connectivity index (χ2v) is 33.4. The first-order valence-corrected chi connectivity index (χ1v) is 44.2. The van der Waals surface area contributed by atoms with Crippen LogP contribution in [0.5, 0.6) is 0 Å². The molecule has 0 aliphatic carbocycles. The van der Waals surface area contributed by atoms with E-state index in [1.165, 1.54) is 205 Å². The van der Waals surface area contributed by atoms with Gasteiger partial charge in [-0.15, -0.1) is 0 Å². The number of phosphoric ester groups is 2. The summed E-state index contributed by atoms with van der Waals surface area (Å²) in [5.74, 6) is 0.980. The summed E-state index contributed by atoms with van der Waals surface area (Å²) < 4.78 is 68.6. The Kier molecular flexibility index (Phi) is 67.8. The maximum absolute atomic E-state index is 13.1. The normalized spacial score (nSPS) is 14.3. The van der Waals surface area contributed by atoms with Crippen LogP contribution in [0.25, 0.3) is 0 Å². The van der Waals surface area contributed by atoms with Crippen molar-refractivity contribution in [3.8, 4) is 0 Å². The molecule has 0 bridgehead atoms. The zero-order valence-electron chi connectivity index (χ0n) is 65.1. The molecule has 3 unspecified atom stereocenters. The number of hydrogen-bond acceptors (Lipinski definition) is 15. The molecule has 0 aliphatic rings. The highest BCUT2D eigenvalue weighted by Crippen LogP contribution is 2.45. The predicted octanol–water partition coefficient (Wildman–Crippen LogP) is 23.6. The second kappa shape index (κ2) is 69.1. The minimum absolute atomic E-state index is 0.105. The summed E-state index contributed by atoms with van der Waals surface area (Å²) in [5, 5.41) is 10.6. The van der Waals surface area contributed by atoms with Crippen molar-refractivity contribution in [2.24, 2.45) is 23.7 Å². The molecule has 6 atom stereocenters. The first-order valence-electron chi connectivity index (χ1n) is 41.2. The van der Waals surface area contributed by atoms with Crippen molar-refractivity contribution in [1.29, 1.82) is 0 Å². The molecule has 0 aromatic heterocycles. The van der Waals surface area contributed by atoms with E-state index in [0.29, 0.717) is 31.6 Å². The number of hydrogen-bond donors (Lipinski definition) is 3. The summed E-state index contributed by atoms with van der Waals surface area (Å²) in [6, 6.07) is 0. The summed E-state index contributed by atoms with van der Waals surface area (Å²) in [4.78, 5) is 72.9. The Morgan fingerprint density at radius 2 is 0.485 bits per heavy atom. The van der Waals surface area contributed by atoms with Gasteiger partial charge in [0, 0.05) is 25.7 Å². The molecule has 0 amide bonds. The van der Waals surface area contributed by atoms with Gasteiger partial charge in [0.05, 0.1) is 26.4 Å². The van der Waals surface area contributed by atoms with Gasteiger partial charge in [-0.1, -0.05) is 357 Å². The van der Waals surface area contributed by atoms with E-state index in [1.54, 1.807) is 0 Å². The van der Waals surface area contributed by atoms with Gasteiger partial charge in [0.2, 0.25) is 0 Å². The molecular formula is C80H156O17P2. The van der Waals surface area contributed by atoms with E-state index in [0.717, 1.165) is 114 Å². The monoisotopic (exact) mass is 1450 g/mol. The van der Waals surface area contributed by atoms with E-state index in [1.807, 2.05) is 0 Å². The Bertz CT molecular complexity index is 1940. The Morgan fingerprint density at radius 3 is 0.717 bits per heavy atom. The fourth-order valence-corrected chi connectivity index (χ4v) is 13.8. The van der Waals surface area contributed by atoms with Crippen molar-refractivity contribution in [1.82, 2.24) is 0 Å². The summed E-state index contributed by atoms with van der Waals surface area (Å²) in [6.07, 6.45) is 55.6. The van der Waals surface area contributed by atoms with Crippen LogP contribution in [0.2, 0.25) is 0 Å². The van der Waals surface area contributed by atoms with Crippen LogP contribution < -0.4 is 0 Å². The van der Waals surface area contributed by atoms with Gasteiger partial charge in [0.15, 0.2) is 12.2 Å². The number of aliphatic hydroxyl groups excluding tert-OH is 1. The summed E-state index contributed by atoms with van der Waals surface area (Å²) >= 11 is 0. The van der Waals surface area contributed by atoms with Gasteiger partial charge in [-0.25, -0.2) is 9.13 Å². The van der Waals surface area contributed by atoms with Crippen LogP contribution in [-0.4, -0.2) is 96.7 Å². The van der Waals surface area contributed by atoms with Crippen molar-refractivity contribution >= 4 is 39.5 Å². The minimum atomic E-state index is -4.96. The molecule has 0 aliphatic heterocycles. The predicted molar refractivity (Wildman–Crippen MR) is 404 cm³/mol. The van der Waals surface area contributed by atoms with Crippen molar-refractivity contribution in [3.05, 3.63) is 0 Å². The topological polar surface area (TPSA) is 237 Å². The molecule has 0 aromatic rings. The Morgan fingerprint density at radius 1 is 0.283 bits per heavy atom. The smallest absolute Gasteiger partial charge is 0.462 e. The van der Waals surface area contributed by atoms with Gasteiger partial charge in [-0.05, 0) is 49.4 Å². The lowest BCUT2D eigenvalue weighted by molar-refractivity contribution is -0.161. The molecule has 0 saturated carbocycles. The SMILES string of the molecule is CCC(C)CCCCCCCCCCCCCCCCC(=O)OC[C@H](COP(=O)(O)OC[C@@H](O)COP(=O)(O)OC[C@@H](COC(=O)CCCCCCCCC(C)C)OC(=O)CCCCCCCCCCCCCC(C)C)OC(=O)CCCCCCCCCCCCCCCCCC(C)C. The molecule has 0 aromatic carbocycles. The second-order valence-electron chi connectivity index (χ2n) is 30.5. The first kappa shape index (κ1) is 97.1. The van der Waals surface area contributed by atoms with Crippen LogP contribution in [-0.2, 0) is 65.4 Å². The number of rotatable bonds is 77. The number of carbonyl (C=O) groups excluding carboxylic acids is 4. The van der Waals surface area contributed by atoms with E-state index in [9.17, 15) is 43.2 Å². The number of phosphoric acid groups is 2. The number of unbranched alkanes of at least 4 members (excludes halogenated alkanes) is 42. The lowest BCUT2D eigenvalue weighted by Gasteiger charge is -2.21. The van der Waals surface area contributed by atoms with Gasteiger partial charge in [-0.3, -0.25) is 37.3 Å². The molecular weight excluding hydrogens is 1290 g/mol. The Labute approximate surface area is 607 Å². The van der Waals surface area contributed by atoms with Crippen LogP contribution in [0, 0.1) is 23.7 Å². The van der Waals surface area contributed by atoms with E-state index < -0.39 is 97.5 Å². The van der Waals surface area contributed by atoms with Gasteiger partial charge in [0.1, 0.15) is 19.3 Å². The van der Waals surface area contributed by atoms with Crippen LogP contribution in [0.4, 0.5) is 0 Å². The third-order valence-electron chi connectivity index (χ3n) is 18.9. The average Bonchev–Trinajstić information content (AvgIpc) is 0.977. The molecule has 0 fully saturated rings. The molecule has 0 saturated heterocycles. The third kappa shape index (κ3) is 72.8. The highest BCUT2D eigenvalue weighted by molar-refractivity contribution is 7.47. The Balaban J connectivity index is 5.23. The Hall–Kier alpha value is -1.94. The summed E-state index contributed by atoms with van der Waals surface area (Å²) in [5.41, 5.74) is 0. The zero-order valence-corrected chi connectivity index (χ0v) is 66.9. The fourth-order valence-electron chi connectivity index (χ4n) is 12.2.